The van der Waals surface area contributed by atoms with E-state index in [4.69, 9.17) is 20.8 Å². The summed E-state index contributed by atoms with van der Waals surface area (Å²) in [7, 11) is -3.84. The molecule has 1 fully saturated rings. The lowest BCUT2D eigenvalue weighted by Gasteiger charge is -2.24. The van der Waals surface area contributed by atoms with Gasteiger partial charge in [0.15, 0.2) is 5.76 Å². The molecular formula is C23H20ClN3O5S. The number of carbonyl (C=O) groups is 1. The van der Waals surface area contributed by atoms with Gasteiger partial charge in [0.25, 0.3) is 15.9 Å². The third-order valence-electron chi connectivity index (χ3n) is 5.20. The van der Waals surface area contributed by atoms with E-state index in [0.717, 1.165) is 5.56 Å². The lowest BCUT2D eigenvalue weighted by molar-refractivity contribution is 0.0723. The first kappa shape index (κ1) is 23.0. The lowest BCUT2D eigenvalue weighted by Crippen LogP contribution is -2.40. The number of nitrogens with one attached hydrogen (secondary N) is 1. The molecule has 0 aliphatic carbocycles. The number of anilines is 1. The minimum atomic E-state index is -3.84. The number of nitrogens with zero attached hydrogens (tertiary/aromatic N) is 2. The van der Waals surface area contributed by atoms with Crippen LogP contribution in [0.15, 0.2) is 70.2 Å². The fraction of sp³-hybridized carbons (Fsp3) is 0.217. The van der Waals surface area contributed by atoms with Crippen LogP contribution in [0.1, 0.15) is 27.6 Å². The van der Waals surface area contributed by atoms with Crippen LogP contribution in [-0.4, -0.2) is 44.9 Å². The zero-order chi connectivity index (χ0) is 23.4. The average Bonchev–Trinajstić information content (AvgIpc) is 3.34. The van der Waals surface area contributed by atoms with Crippen LogP contribution in [0.5, 0.6) is 0 Å². The van der Waals surface area contributed by atoms with Gasteiger partial charge in [0.2, 0.25) is 5.09 Å². The predicted octanol–water partition coefficient (Wildman–Crippen LogP) is 3.86. The standard InChI is InChI=1S/C23H20ClN3O5S/c24-20-14-17(6-7-18(20)19(15-25)16-4-2-1-3-5-16)26-23(28)21-8-9-22(32-21)33(29,30)27-10-12-31-13-11-27/h1-9,14,19H,10-13H2,(H,26,28). The molecule has 170 valence electrons. The van der Waals surface area contributed by atoms with Crippen LogP contribution in [0.25, 0.3) is 0 Å². The number of nitriles is 1. The molecule has 0 bridgehead atoms. The maximum Gasteiger partial charge on any atom is 0.291 e. The molecule has 3 aromatic rings. The van der Waals surface area contributed by atoms with E-state index in [1.54, 1.807) is 12.1 Å². The summed E-state index contributed by atoms with van der Waals surface area (Å²) < 4.78 is 37.1. The third-order valence-corrected chi connectivity index (χ3v) is 7.30. The Balaban J connectivity index is 1.49. The monoisotopic (exact) mass is 485 g/mol. The van der Waals surface area contributed by atoms with Gasteiger partial charge >= 0.3 is 0 Å². The SMILES string of the molecule is N#CC(c1ccccc1)c1ccc(NC(=O)c2ccc(S(=O)(=O)N3CCOCC3)o2)cc1Cl. The van der Waals surface area contributed by atoms with Crippen LogP contribution in [0.4, 0.5) is 5.69 Å². The van der Waals surface area contributed by atoms with Gasteiger partial charge < -0.3 is 14.5 Å². The molecule has 1 atom stereocenters. The summed E-state index contributed by atoms with van der Waals surface area (Å²) in [5, 5.41) is 12.3. The molecule has 1 N–H and O–H groups in total. The number of benzene rings is 2. The van der Waals surface area contributed by atoms with Crippen molar-refractivity contribution in [2.75, 3.05) is 31.6 Å². The van der Waals surface area contributed by atoms with E-state index >= 15 is 0 Å². The van der Waals surface area contributed by atoms with Gasteiger partial charge in [0.1, 0.15) is 0 Å². The smallest absolute Gasteiger partial charge is 0.291 e. The first-order valence-corrected chi connectivity index (χ1v) is 11.9. The molecule has 1 unspecified atom stereocenters. The second-order valence-electron chi connectivity index (χ2n) is 7.30. The Bertz CT molecular complexity index is 1300. The average molecular weight is 486 g/mol. The molecule has 10 heteroatoms. The number of carbonyl (C=O) groups excluding carboxylic acids is 1. The zero-order valence-electron chi connectivity index (χ0n) is 17.4. The van der Waals surface area contributed by atoms with Gasteiger partial charge in [0.05, 0.1) is 25.2 Å². The quantitative estimate of drug-likeness (QED) is 0.567. The van der Waals surface area contributed by atoms with E-state index in [0.29, 0.717) is 29.5 Å². The third kappa shape index (κ3) is 4.94. The molecule has 0 radical (unpaired) electrons. The number of morpholine rings is 1. The maximum absolute atomic E-state index is 12.7. The van der Waals surface area contributed by atoms with Gasteiger partial charge in [0, 0.05) is 23.8 Å². The van der Waals surface area contributed by atoms with Gasteiger partial charge in [-0.25, -0.2) is 8.42 Å². The number of amides is 1. The Morgan fingerprint density at radius 2 is 1.82 bits per heavy atom. The number of ether oxygens (including phenoxy) is 1. The Morgan fingerprint density at radius 3 is 2.48 bits per heavy atom. The summed E-state index contributed by atoms with van der Waals surface area (Å²) in [5.41, 5.74) is 1.80. The van der Waals surface area contributed by atoms with E-state index < -0.39 is 21.8 Å². The van der Waals surface area contributed by atoms with Crippen molar-refractivity contribution in [1.82, 2.24) is 4.31 Å². The summed E-state index contributed by atoms with van der Waals surface area (Å²) >= 11 is 6.41. The van der Waals surface area contributed by atoms with Crippen LogP contribution >= 0.6 is 11.6 Å². The molecule has 1 aromatic heterocycles. The van der Waals surface area contributed by atoms with Crippen molar-refractivity contribution in [1.29, 1.82) is 5.26 Å². The van der Waals surface area contributed by atoms with Crippen molar-refractivity contribution in [2.24, 2.45) is 0 Å². The molecule has 2 heterocycles. The normalized spacial score (nSPS) is 15.5. The molecule has 1 saturated heterocycles. The molecule has 4 rings (SSSR count). The van der Waals surface area contributed by atoms with Gasteiger partial charge in [-0.3, -0.25) is 4.79 Å². The molecule has 8 nitrogen and oxygen atoms in total. The summed E-state index contributed by atoms with van der Waals surface area (Å²) in [6.07, 6.45) is 0. The Morgan fingerprint density at radius 1 is 1.09 bits per heavy atom. The Kier molecular flexibility index (Phi) is 6.81. The highest BCUT2D eigenvalue weighted by molar-refractivity contribution is 7.89. The largest absolute Gasteiger partial charge is 0.438 e. The van der Waals surface area contributed by atoms with Crippen LogP contribution < -0.4 is 5.32 Å². The number of hydrogen-bond acceptors (Lipinski definition) is 6. The molecular weight excluding hydrogens is 466 g/mol. The van der Waals surface area contributed by atoms with Crippen molar-refractivity contribution in [2.45, 2.75) is 11.0 Å². The molecule has 2 aromatic carbocycles. The molecule has 1 aliphatic heterocycles. The minimum Gasteiger partial charge on any atom is -0.438 e. The van der Waals surface area contributed by atoms with Gasteiger partial charge in [-0.2, -0.15) is 9.57 Å². The number of rotatable bonds is 6. The summed E-state index contributed by atoms with van der Waals surface area (Å²) in [6.45, 7) is 1.06. The topological polar surface area (TPSA) is 113 Å². The van der Waals surface area contributed by atoms with Crippen molar-refractivity contribution in [3.05, 3.63) is 82.6 Å². The first-order chi connectivity index (χ1) is 15.9. The number of halogens is 1. The summed E-state index contributed by atoms with van der Waals surface area (Å²) in [5.74, 6) is -1.33. The lowest BCUT2D eigenvalue weighted by atomic mass is 9.92. The zero-order valence-corrected chi connectivity index (χ0v) is 19.0. The molecule has 1 amide bonds. The highest BCUT2D eigenvalue weighted by Gasteiger charge is 2.30. The van der Waals surface area contributed by atoms with E-state index in [9.17, 15) is 18.5 Å². The fourth-order valence-corrected chi connectivity index (χ4v) is 5.10. The Labute approximate surface area is 196 Å². The number of furan rings is 1. The molecule has 0 saturated carbocycles. The minimum absolute atomic E-state index is 0.152. The van der Waals surface area contributed by atoms with Crippen molar-refractivity contribution in [3.8, 4) is 6.07 Å². The van der Waals surface area contributed by atoms with Crippen LogP contribution in [0, 0.1) is 11.3 Å². The molecule has 0 spiro atoms. The maximum atomic E-state index is 12.7. The molecule has 33 heavy (non-hydrogen) atoms. The van der Waals surface area contributed by atoms with Crippen LogP contribution in [-0.2, 0) is 14.8 Å². The van der Waals surface area contributed by atoms with E-state index in [-0.39, 0.29) is 23.9 Å². The predicted molar refractivity (Wildman–Crippen MR) is 122 cm³/mol. The summed E-state index contributed by atoms with van der Waals surface area (Å²) in [6, 6.07) is 18.9. The second kappa shape index (κ2) is 9.77. The van der Waals surface area contributed by atoms with Crippen LogP contribution in [0.2, 0.25) is 5.02 Å². The van der Waals surface area contributed by atoms with E-state index in [1.165, 1.54) is 22.5 Å². The fourth-order valence-electron chi connectivity index (χ4n) is 3.50. The second-order valence-corrected chi connectivity index (χ2v) is 9.57. The van der Waals surface area contributed by atoms with Gasteiger partial charge in [-0.05, 0) is 35.4 Å². The van der Waals surface area contributed by atoms with Gasteiger partial charge in [-0.15, -0.1) is 0 Å². The van der Waals surface area contributed by atoms with E-state index in [1.807, 2.05) is 30.3 Å². The first-order valence-electron chi connectivity index (χ1n) is 10.1. The Hall–Kier alpha value is -3.16. The molecule has 1 aliphatic rings. The van der Waals surface area contributed by atoms with Crippen molar-refractivity contribution in [3.63, 3.8) is 0 Å². The highest BCUT2D eigenvalue weighted by Crippen LogP contribution is 2.32. The number of hydrogen-bond donors (Lipinski definition) is 1. The van der Waals surface area contributed by atoms with Crippen LogP contribution in [0.3, 0.4) is 0 Å². The number of sulfonamides is 1. The highest BCUT2D eigenvalue weighted by atomic mass is 35.5. The summed E-state index contributed by atoms with van der Waals surface area (Å²) in [4.78, 5) is 12.6. The van der Waals surface area contributed by atoms with Crippen molar-refractivity contribution >= 4 is 33.2 Å². The van der Waals surface area contributed by atoms with Gasteiger partial charge in [-0.1, -0.05) is 48.0 Å². The van der Waals surface area contributed by atoms with E-state index in [2.05, 4.69) is 11.4 Å². The van der Waals surface area contributed by atoms with Crippen molar-refractivity contribution < 1.29 is 22.4 Å².